The molecular weight excluding hydrogens is 336 g/mol. The fraction of sp³-hybridized carbons (Fsp3) is 0. The third-order valence-corrected chi connectivity index (χ3v) is 3.42. The second-order valence-corrected chi connectivity index (χ2v) is 5.24. The van der Waals surface area contributed by atoms with Crippen molar-refractivity contribution >= 4 is 40.2 Å². The number of nitro groups is 1. The first-order valence-electron chi connectivity index (χ1n) is 6.65. The maximum atomic E-state index is 12.1. The van der Waals surface area contributed by atoms with Crippen molar-refractivity contribution in [3.05, 3.63) is 73.4 Å². The lowest BCUT2D eigenvalue weighted by molar-refractivity contribution is -0.383. The summed E-state index contributed by atoms with van der Waals surface area (Å²) in [5.74, 6) is -0.211. The Bertz CT molecular complexity index is 1030. The molecule has 3 rings (SSSR count). The molecule has 3 aromatic rings. The minimum atomic E-state index is -0.677. The molecular formula is C15H9ClN4O4. The summed E-state index contributed by atoms with van der Waals surface area (Å²) >= 11 is 5.85. The van der Waals surface area contributed by atoms with Crippen molar-refractivity contribution in [1.29, 1.82) is 0 Å². The number of nitrogens with one attached hydrogen (secondary N) is 1. The van der Waals surface area contributed by atoms with Crippen molar-refractivity contribution in [3.63, 3.8) is 0 Å². The molecule has 0 unspecified atom stereocenters. The topological polar surface area (TPSA) is 122 Å². The fourth-order valence-electron chi connectivity index (χ4n) is 2.12. The number of aliphatic hydroxyl groups excluding tert-OH is 1. The van der Waals surface area contributed by atoms with Crippen LogP contribution in [0.25, 0.3) is 22.9 Å². The number of hydrogen-bond acceptors (Lipinski definition) is 6. The Morgan fingerprint density at radius 1 is 1.42 bits per heavy atom. The molecule has 120 valence electrons. The number of non-ortho nitro benzene ring substituents is 1. The second-order valence-electron chi connectivity index (χ2n) is 4.80. The molecule has 2 aromatic heterocycles. The molecule has 0 saturated carbocycles. The van der Waals surface area contributed by atoms with Gasteiger partial charge in [0.1, 0.15) is 17.0 Å². The SMILES string of the molecule is O=c1[nH]c2c([N+](=O)[O-])cc(Cl)cc2nc1C=C(O)c1cccnc1. The van der Waals surface area contributed by atoms with Crippen LogP contribution >= 0.6 is 11.6 Å². The summed E-state index contributed by atoms with van der Waals surface area (Å²) in [6, 6.07) is 5.75. The lowest BCUT2D eigenvalue weighted by atomic mass is 10.2. The lowest BCUT2D eigenvalue weighted by Crippen LogP contribution is -2.13. The molecule has 0 atom stereocenters. The number of aromatic amines is 1. The van der Waals surface area contributed by atoms with Crippen LogP contribution in [0.3, 0.4) is 0 Å². The molecule has 9 heteroatoms. The van der Waals surface area contributed by atoms with E-state index in [1.165, 1.54) is 12.3 Å². The van der Waals surface area contributed by atoms with Gasteiger partial charge in [0.15, 0.2) is 0 Å². The number of fused-ring (bicyclic) bond motifs is 1. The minimum Gasteiger partial charge on any atom is -0.507 e. The predicted octanol–water partition coefficient (Wildman–Crippen LogP) is 2.94. The number of rotatable bonds is 3. The Balaban J connectivity index is 2.19. The average molecular weight is 345 g/mol. The van der Waals surface area contributed by atoms with Gasteiger partial charge in [-0.05, 0) is 18.2 Å². The maximum Gasteiger partial charge on any atom is 0.296 e. The van der Waals surface area contributed by atoms with E-state index in [-0.39, 0.29) is 33.2 Å². The van der Waals surface area contributed by atoms with Gasteiger partial charge < -0.3 is 10.1 Å². The van der Waals surface area contributed by atoms with Crippen molar-refractivity contribution in [2.24, 2.45) is 0 Å². The van der Waals surface area contributed by atoms with Gasteiger partial charge in [0, 0.05) is 35.1 Å². The van der Waals surface area contributed by atoms with Crippen LogP contribution < -0.4 is 5.56 Å². The number of aliphatic hydroxyl groups is 1. The van der Waals surface area contributed by atoms with Gasteiger partial charge in [0.25, 0.3) is 11.2 Å². The molecule has 0 spiro atoms. The molecule has 1 aromatic carbocycles. The molecule has 0 saturated heterocycles. The standard InChI is InChI=1S/C15H9ClN4O4/c16-9-4-10-14(12(5-9)20(23)24)19-15(22)11(18-10)6-13(21)8-2-1-3-17-7-8/h1-7,21H,(H,19,22). The van der Waals surface area contributed by atoms with Crippen molar-refractivity contribution in [1.82, 2.24) is 15.0 Å². The number of H-pyrrole nitrogens is 1. The first-order valence-corrected chi connectivity index (χ1v) is 7.02. The third-order valence-electron chi connectivity index (χ3n) is 3.20. The number of benzene rings is 1. The van der Waals surface area contributed by atoms with Crippen LogP contribution in [0, 0.1) is 10.1 Å². The van der Waals surface area contributed by atoms with Crippen molar-refractivity contribution in [2.45, 2.75) is 0 Å². The van der Waals surface area contributed by atoms with Crippen molar-refractivity contribution in [3.8, 4) is 0 Å². The Morgan fingerprint density at radius 3 is 2.88 bits per heavy atom. The molecule has 0 radical (unpaired) electrons. The Labute approximate surface area is 139 Å². The average Bonchev–Trinajstić information content (AvgIpc) is 2.56. The smallest absolute Gasteiger partial charge is 0.296 e. The van der Waals surface area contributed by atoms with Crippen LogP contribution in [0.2, 0.25) is 5.02 Å². The molecule has 0 aliphatic heterocycles. The van der Waals surface area contributed by atoms with Crippen LogP contribution in [-0.2, 0) is 0 Å². The monoisotopic (exact) mass is 344 g/mol. The Hall–Kier alpha value is -3.26. The van der Waals surface area contributed by atoms with Crippen LogP contribution in [-0.4, -0.2) is 25.0 Å². The molecule has 0 amide bonds. The number of nitrogens with zero attached hydrogens (tertiary/aromatic N) is 3. The largest absolute Gasteiger partial charge is 0.507 e. The highest BCUT2D eigenvalue weighted by molar-refractivity contribution is 6.31. The van der Waals surface area contributed by atoms with Gasteiger partial charge in [0.05, 0.1) is 10.4 Å². The van der Waals surface area contributed by atoms with E-state index in [4.69, 9.17) is 11.6 Å². The number of hydrogen-bond donors (Lipinski definition) is 2. The number of pyridine rings is 1. The van der Waals surface area contributed by atoms with Crippen LogP contribution in [0.5, 0.6) is 0 Å². The first-order chi connectivity index (χ1) is 11.5. The first kappa shape index (κ1) is 15.6. The molecule has 2 heterocycles. The maximum absolute atomic E-state index is 12.1. The normalized spacial score (nSPS) is 11.6. The van der Waals surface area contributed by atoms with E-state index in [0.29, 0.717) is 5.56 Å². The number of aromatic nitrogens is 3. The van der Waals surface area contributed by atoms with Gasteiger partial charge in [-0.3, -0.25) is 19.9 Å². The Kier molecular flexibility index (Phi) is 3.97. The van der Waals surface area contributed by atoms with E-state index >= 15 is 0 Å². The van der Waals surface area contributed by atoms with Crippen LogP contribution in [0.1, 0.15) is 11.3 Å². The summed E-state index contributed by atoms with van der Waals surface area (Å²) in [4.78, 5) is 32.8. The third kappa shape index (κ3) is 2.95. The van der Waals surface area contributed by atoms with Crippen LogP contribution in [0.15, 0.2) is 41.5 Å². The summed E-state index contributed by atoms with van der Waals surface area (Å²) in [6.07, 6.45) is 4.11. The minimum absolute atomic E-state index is 0.0348. The highest BCUT2D eigenvalue weighted by Crippen LogP contribution is 2.26. The summed E-state index contributed by atoms with van der Waals surface area (Å²) in [7, 11) is 0. The van der Waals surface area contributed by atoms with E-state index in [9.17, 15) is 20.0 Å². The summed E-state index contributed by atoms with van der Waals surface area (Å²) in [5, 5.41) is 21.2. The van der Waals surface area contributed by atoms with E-state index in [1.54, 1.807) is 18.3 Å². The zero-order valence-corrected chi connectivity index (χ0v) is 12.7. The van der Waals surface area contributed by atoms with Gasteiger partial charge in [-0.1, -0.05) is 11.6 Å². The van der Waals surface area contributed by atoms with Gasteiger partial charge in [-0.15, -0.1) is 0 Å². The van der Waals surface area contributed by atoms with Gasteiger partial charge in [-0.2, -0.15) is 0 Å². The summed E-state index contributed by atoms with van der Waals surface area (Å²) in [6.45, 7) is 0. The second kappa shape index (κ2) is 6.09. The molecule has 24 heavy (non-hydrogen) atoms. The van der Waals surface area contributed by atoms with Gasteiger partial charge in [-0.25, -0.2) is 4.98 Å². The van der Waals surface area contributed by atoms with Gasteiger partial charge >= 0.3 is 0 Å². The van der Waals surface area contributed by atoms with E-state index < -0.39 is 10.5 Å². The number of halogens is 1. The molecule has 0 bridgehead atoms. The highest BCUT2D eigenvalue weighted by atomic mass is 35.5. The Morgan fingerprint density at radius 2 is 2.21 bits per heavy atom. The molecule has 0 aliphatic rings. The summed E-state index contributed by atoms with van der Waals surface area (Å²) in [5.41, 5.74) is -0.639. The van der Waals surface area contributed by atoms with Crippen molar-refractivity contribution in [2.75, 3.05) is 0 Å². The molecule has 8 nitrogen and oxygen atoms in total. The van der Waals surface area contributed by atoms with Gasteiger partial charge in [0.2, 0.25) is 0 Å². The lowest BCUT2D eigenvalue weighted by Gasteiger charge is -2.03. The highest BCUT2D eigenvalue weighted by Gasteiger charge is 2.17. The zero-order chi connectivity index (χ0) is 17.3. The van der Waals surface area contributed by atoms with E-state index in [1.807, 2.05) is 0 Å². The molecule has 0 aliphatic carbocycles. The van der Waals surface area contributed by atoms with E-state index in [2.05, 4.69) is 15.0 Å². The molecule has 0 fully saturated rings. The quantitative estimate of drug-likeness (QED) is 0.428. The fourth-order valence-corrected chi connectivity index (χ4v) is 2.33. The molecule has 2 N–H and O–H groups in total. The van der Waals surface area contributed by atoms with Crippen molar-refractivity contribution < 1.29 is 10.0 Å². The number of nitro benzene ring substituents is 1. The zero-order valence-electron chi connectivity index (χ0n) is 11.9. The van der Waals surface area contributed by atoms with Crippen LogP contribution in [0.4, 0.5) is 5.69 Å². The summed E-state index contributed by atoms with van der Waals surface area (Å²) < 4.78 is 0. The predicted molar refractivity (Wildman–Crippen MR) is 88.8 cm³/mol. The van der Waals surface area contributed by atoms with E-state index in [0.717, 1.165) is 12.1 Å².